The van der Waals surface area contributed by atoms with Crippen LogP contribution < -0.4 is 5.73 Å². The van der Waals surface area contributed by atoms with E-state index in [1.54, 1.807) is 0 Å². The Morgan fingerprint density at radius 2 is 2.06 bits per heavy atom. The van der Waals surface area contributed by atoms with Crippen LogP contribution in [0, 0.1) is 17.2 Å². The Bertz CT molecular complexity index is 247. The van der Waals surface area contributed by atoms with Crippen molar-refractivity contribution >= 4 is 0 Å². The molecule has 0 spiro atoms. The molecule has 17 heavy (non-hydrogen) atoms. The first-order valence-corrected chi connectivity index (χ1v) is 7.00. The smallest absolute Gasteiger partial charge is 0.101 e. The second kappa shape index (κ2) is 6.98. The molecule has 0 aromatic carbocycles. The van der Waals surface area contributed by atoms with Crippen LogP contribution in [0.1, 0.15) is 52.4 Å². The Morgan fingerprint density at radius 1 is 1.41 bits per heavy atom. The van der Waals surface area contributed by atoms with E-state index in [1.807, 2.05) is 6.92 Å². The minimum atomic E-state index is -0.638. The minimum absolute atomic E-state index is 0.638. The largest absolute Gasteiger partial charge is 0.314 e. The van der Waals surface area contributed by atoms with E-state index < -0.39 is 5.54 Å². The summed E-state index contributed by atoms with van der Waals surface area (Å²) in [6.07, 6.45) is 7.26. The molecule has 1 aliphatic rings. The fourth-order valence-electron chi connectivity index (χ4n) is 2.63. The van der Waals surface area contributed by atoms with Crippen LogP contribution in [0.2, 0.25) is 0 Å². The van der Waals surface area contributed by atoms with Gasteiger partial charge in [-0.1, -0.05) is 19.8 Å². The van der Waals surface area contributed by atoms with Crippen molar-refractivity contribution in [3.8, 4) is 6.07 Å². The molecule has 0 amide bonds. The molecule has 0 bridgehead atoms. The van der Waals surface area contributed by atoms with Crippen molar-refractivity contribution in [3.05, 3.63) is 0 Å². The number of likely N-dealkylation sites (tertiary alicyclic amines) is 1. The average Bonchev–Trinajstić information content (AvgIpc) is 2.32. The number of nitriles is 1. The van der Waals surface area contributed by atoms with Gasteiger partial charge in [-0.05, 0) is 58.2 Å². The van der Waals surface area contributed by atoms with Crippen LogP contribution >= 0.6 is 0 Å². The summed E-state index contributed by atoms with van der Waals surface area (Å²) in [6, 6.07) is 2.16. The Balaban J connectivity index is 2.13. The third-order valence-electron chi connectivity index (χ3n) is 3.83. The molecular formula is C14H27N3. The number of hydrogen-bond acceptors (Lipinski definition) is 3. The second-order valence-electron chi connectivity index (χ2n) is 5.71. The van der Waals surface area contributed by atoms with Crippen molar-refractivity contribution in [2.24, 2.45) is 11.7 Å². The Hall–Kier alpha value is -0.590. The molecule has 1 saturated heterocycles. The Labute approximate surface area is 106 Å². The van der Waals surface area contributed by atoms with Gasteiger partial charge in [-0.3, -0.25) is 0 Å². The first-order valence-electron chi connectivity index (χ1n) is 7.00. The second-order valence-corrected chi connectivity index (χ2v) is 5.71. The highest BCUT2D eigenvalue weighted by Gasteiger charge is 2.20. The van der Waals surface area contributed by atoms with E-state index in [4.69, 9.17) is 11.0 Å². The van der Waals surface area contributed by atoms with Crippen LogP contribution in [-0.2, 0) is 0 Å². The zero-order chi connectivity index (χ0) is 12.7. The normalized spacial score (nSPS) is 22.0. The summed E-state index contributed by atoms with van der Waals surface area (Å²) in [5.74, 6) is 0.954. The monoisotopic (exact) mass is 237 g/mol. The van der Waals surface area contributed by atoms with Crippen LogP contribution in [0.25, 0.3) is 0 Å². The summed E-state index contributed by atoms with van der Waals surface area (Å²) in [5.41, 5.74) is 5.18. The van der Waals surface area contributed by atoms with Gasteiger partial charge < -0.3 is 10.6 Å². The standard InChI is InChI=1S/C14H27N3/c1-3-5-13-6-10-17(11-7-13)9-4-8-14(2,16)12-15/h13H,3-11,16H2,1-2H3. The lowest BCUT2D eigenvalue weighted by Crippen LogP contribution is -2.37. The first-order chi connectivity index (χ1) is 8.07. The van der Waals surface area contributed by atoms with Gasteiger partial charge in [0.05, 0.1) is 6.07 Å². The van der Waals surface area contributed by atoms with Crippen molar-refractivity contribution in [1.82, 2.24) is 4.90 Å². The van der Waals surface area contributed by atoms with Gasteiger partial charge in [-0.25, -0.2) is 0 Å². The average molecular weight is 237 g/mol. The molecule has 0 aliphatic carbocycles. The lowest BCUT2D eigenvalue weighted by atomic mass is 9.92. The SMILES string of the molecule is CCCC1CCN(CCCC(C)(N)C#N)CC1. The van der Waals surface area contributed by atoms with Crippen molar-refractivity contribution in [3.63, 3.8) is 0 Å². The van der Waals surface area contributed by atoms with Gasteiger partial charge in [-0.2, -0.15) is 5.26 Å². The van der Waals surface area contributed by atoms with Crippen LogP contribution in [0.3, 0.4) is 0 Å². The number of piperidine rings is 1. The fraction of sp³-hybridized carbons (Fsp3) is 0.929. The van der Waals surface area contributed by atoms with Gasteiger partial charge >= 0.3 is 0 Å². The van der Waals surface area contributed by atoms with E-state index in [2.05, 4.69) is 17.9 Å². The van der Waals surface area contributed by atoms with E-state index in [-0.39, 0.29) is 0 Å². The molecule has 0 aromatic heterocycles. The molecule has 1 rings (SSSR count). The maximum Gasteiger partial charge on any atom is 0.101 e. The molecule has 0 aromatic rings. The third kappa shape index (κ3) is 5.52. The van der Waals surface area contributed by atoms with Gasteiger partial charge in [-0.15, -0.1) is 0 Å². The maximum absolute atomic E-state index is 8.84. The van der Waals surface area contributed by atoms with Gasteiger partial charge in [0.25, 0.3) is 0 Å². The van der Waals surface area contributed by atoms with E-state index in [0.717, 1.165) is 25.3 Å². The van der Waals surface area contributed by atoms with E-state index in [0.29, 0.717) is 0 Å². The van der Waals surface area contributed by atoms with E-state index >= 15 is 0 Å². The quantitative estimate of drug-likeness (QED) is 0.772. The number of hydrogen-bond donors (Lipinski definition) is 1. The molecule has 3 nitrogen and oxygen atoms in total. The van der Waals surface area contributed by atoms with Gasteiger partial charge in [0.1, 0.15) is 5.54 Å². The van der Waals surface area contributed by atoms with Gasteiger partial charge in [0.2, 0.25) is 0 Å². The van der Waals surface area contributed by atoms with Gasteiger partial charge in [0, 0.05) is 0 Å². The molecule has 1 fully saturated rings. The molecule has 1 heterocycles. The zero-order valence-electron chi connectivity index (χ0n) is 11.4. The third-order valence-corrected chi connectivity index (χ3v) is 3.83. The molecule has 0 radical (unpaired) electrons. The highest BCUT2D eigenvalue weighted by Crippen LogP contribution is 2.22. The fourth-order valence-corrected chi connectivity index (χ4v) is 2.63. The molecule has 1 atom stereocenters. The van der Waals surface area contributed by atoms with E-state index in [9.17, 15) is 0 Å². The van der Waals surface area contributed by atoms with Crippen molar-refractivity contribution in [2.45, 2.75) is 57.9 Å². The molecule has 2 N–H and O–H groups in total. The number of nitrogens with two attached hydrogens (primary N) is 1. The molecule has 0 saturated carbocycles. The van der Waals surface area contributed by atoms with E-state index in [1.165, 1.54) is 38.8 Å². The van der Waals surface area contributed by atoms with Crippen molar-refractivity contribution < 1.29 is 0 Å². The highest BCUT2D eigenvalue weighted by atomic mass is 15.1. The highest BCUT2D eigenvalue weighted by molar-refractivity contribution is 5.00. The predicted molar refractivity (Wildman–Crippen MR) is 71.5 cm³/mol. The number of nitrogens with zero attached hydrogens (tertiary/aromatic N) is 2. The summed E-state index contributed by atoms with van der Waals surface area (Å²) in [5, 5.41) is 8.84. The summed E-state index contributed by atoms with van der Waals surface area (Å²) >= 11 is 0. The number of rotatable bonds is 6. The maximum atomic E-state index is 8.84. The Morgan fingerprint density at radius 3 is 2.59 bits per heavy atom. The lowest BCUT2D eigenvalue weighted by molar-refractivity contribution is 0.174. The summed E-state index contributed by atoms with van der Waals surface area (Å²) in [6.45, 7) is 7.67. The predicted octanol–water partition coefficient (Wildman–Crippen LogP) is 2.52. The summed E-state index contributed by atoms with van der Waals surface area (Å²) in [7, 11) is 0. The Kier molecular flexibility index (Phi) is 5.94. The first kappa shape index (κ1) is 14.5. The molecule has 3 heteroatoms. The van der Waals surface area contributed by atoms with Crippen LogP contribution in [0.5, 0.6) is 0 Å². The van der Waals surface area contributed by atoms with Crippen molar-refractivity contribution in [1.29, 1.82) is 5.26 Å². The molecular weight excluding hydrogens is 210 g/mol. The molecule has 1 aliphatic heterocycles. The lowest BCUT2D eigenvalue weighted by Gasteiger charge is -2.32. The zero-order valence-corrected chi connectivity index (χ0v) is 11.4. The van der Waals surface area contributed by atoms with Crippen LogP contribution in [-0.4, -0.2) is 30.1 Å². The van der Waals surface area contributed by atoms with Crippen LogP contribution in [0.15, 0.2) is 0 Å². The minimum Gasteiger partial charge on any atom is -0.314 e. The molecule has 1 unspecified atom stereocenters. The molecule has 98 valence electrons. The topological polar surface area (TPSA) is 53.0 Å². The van der Waals surface area contributed by atoms with Gasteiger partial charge in [0.15, 0.2) is 0 Å². The summed E-state index contributed by atoms with van der Waals surface area (Å²) in [4.78, 5) is 2.53. The van der Waals surface area contributed by atoms with Crippen LogP contribution in [0.4, 0.5) is 0 Å². The van der Waals surface area contributed by atoms with Crippen molar-refractivity contribution in [2.75, 3.05) is 19.6 Å². The summed E-state index contributed by atoms with van der Waals surface area (Å²) < 4.78 is 0.